The van der Waals surface area contributed by atoms with E-state index in [1.807, 2.05) is 25.1 Å². The average Bonchev–Trinajstić information content (AvgIpc) is 2.89. The number of nitrogens with zero attached hydrogens (tertiary/aromatic N) is 2. The van der Waals surface area contributed by atoms with Crippen LogP contribution in [0.2, 0.25) is 0 Å². The Hall–Kier alpha value is -3.46. The number of fused-ring (bicyclic) bond motifs is 1. The molecule has 3 rings (SSSR count). The highest BCUT2D eigenvalue weighted by Crippen LogP contribution is 2.31. The molecule has 2 amide bonds. The van der Waals surface area contributed by atoms with Crippen molar-refractivity contribution in [1.82, 2.24) is 0 Å². The van der Waals surface area contributed by atoms with Crippen molar-refractivity contribution in [3.63, 3.8) is 0 Å². The van der Waals surface area contributed by atoms with Gasteiger partial charge in [-0.3, -0.25) is 9.59 Å². The van der Waals surface area contributed by atoms with E-state index < -0.39 is 17.8 Å². The summed E-state index contributed by atoms with van der Waals surface area (Å²) < 4.78 is 5.08. The summed E-state index contributed by atoms with van der Waals surface area (Å²) in [5.74, 6) is -1.45. The lowest BCUT2D eigenvalue weighted by Crippen LogP contribution is -2.29. The first-order valence-corrected chi connectivity index (χ1v) is 8.17. The van der Waals surface area contributed by atoms with Crippen molar-refractivity contribution in [3.8, 4) is 6.07 Å². The van der Waals surface area contributed by atoms with Crippen LogP contribution in [0.1, 0.15) is 49.5 Å². The van der Waals surface area contributed by atoms with Crippen LogP contribution in [0.4, 0.5) is 5.69 Å². The third-order valence-electron chi connectivity index (χ3n) is 4.14. The fourth-order valence-electron chi connectivity index (χ4n) is 2.80. The minimum atomic E-state index is -0.583. The number of para-hydroxylation sites is 1. The molecule has 6 heteroatoms. The minimum Gasteiger partial charge on any atom is -0.462 e. The van der Waals surface area contributed by atoms with Crippen molar-refractivity contribution in [3.05, 3.63) is 64.7 Å². The van der Waals surface area contributed by atoms with E-state index in [0.29, 0.717) is 18.5 Å². The molecule has 130 valence electrons. The zero-order valence-corrected chi connectivity index (χ0v) is 14.2. The number of esters is 1. The van der Waals surface area contributed by atoms with Crippen LogP contribution in [0, 0.1) is 18.3 Å². The molecule has 2 aromatic rings. The summed E-state index contributed by atoms with van der Waals surface area (Å²) in [6.07, 6.45) is 0.751. The molecule has 0 atom stereocenters. The van der Waals surface area contributed by atoms with E-state index in [4.69, 9.17) is 10.00 Å². The van der Waals surface area contributed by atoms with Gasteiger partial charge in [0.1, 0.15) is 0 Å². The van der Waals surface area contributed by atoms with E-state index in [9.17, 15) is 14.4 Å². The van der Waals surface area contributed by atoms with Gasteiger partial charge in [-0.15, -0.1) is 0 Å². The molecule has 0 unspecified atom stereocenters. The molecule has 26 heavy (non-hydrogen) atoms. The summed E-state index contributed by atoms with van der Waals surface area (Å²) in [6.45, 7) is 1.95. The largest absolute Gasteiger partial charge is 0.462 e. The van der Waals surface area contributed by atoms with Gasteiger partial charge in [-0.05, 0) is 43.2 Å². The summed E-state index contributed by atoms with van der Waals surface area (Å²) in [6, 6.07) is 13.4. The Kier molecular flexibility index (Phi) is 4.81. The number of aryl methyl sites for hydroxylation is 1. The molecule has 6 nitrogen and oxygen atoms in total. The minimum absolute atomic E-state index is 0.131. The second-order valence-corrected chi connectivity index (χ2v) is 5.89. The zero-order valence-electron chi connectivity index (χ0n) is 14.2. The van der Waals surface area contributed by atoms with Crippen molar-refractivity contribution in [2.24, 2.45) is 0 Å². The summed E-state index contributed by atoms with van der Waals surface area (Å²) in [4.78, 5) is 38.6. The maximum absolute atomic E-state index is 12.8. The maximum atomic E-state index is 12.8. The Morgan fingerprint density at radius 1 is 1.12 bits per heavy atom. The number of unbranched alkanes of at least 4 members (excludes halogenated alkanes) is 1. The Balaban J connectivity index is 1.85. The third-order valence-corrected chi connectivity index (χ3v) is 4.14. The summed E-state index contributed by atoms with van der Waals surface area (Å²) in [5.41, 5.74) is 1.98. The van der Waals surface area contributed by atoms with Gasteiger partial charge in [-0.2, -0.15) is 5.26 Å². The molecular weight excluding hydrogens is 332 g/mol. The van der Waals surface area contributed by atoms with E-state index >= 15 is 0 Å². The Labute approximate surface area is 150 Å². The SMILES string of the molecule is Cc1ccccc1N1C(=O)c2ccc(C(=O)OCCCC#N)cc2C1=O. The molecule has 0 bridgehead atoms. The number of nitriles is 1. The first kappa shape index (κ1) is 17.4. The van der Waals surface area contributed by atoms with Crippen LogP contribution in [0.5, 0.6) is 0 Å². The second kappa shape index (κ2) is 7.19. The molecule has 0 saturated carbocycles. The zero-order chi connectivity index (χ0) is 18.7. The number of carbonyl (C=O) groups excluding carboxylic acids is 3. The van der Waals surface area contributed by atoms with Crippen molar-refractivity contribution in [2.75, 3.05) is 11.5 Å². The number of benzene rings is 2. The lowest BCUT2D eigenvalue weighted by atomic mass is 10.1. The van der Waals surface area contributed by atoms with Gasteiger partial charge >= 0.3 is 5.97 Å². The molecule has 0 radical (unpaired) electrons. The number of imide groups is 1. The summed E-state index contributed by atoms with van der Waals surface area (Å²) in [5, 5.41) is 8.48. The van der Waals surface area contributed by atoms with Crippen LogP contribution in [-0.4, -0.2) is 24.4 Å². The molecule has 0 fully saturated rings. The van der Waals surface area contributed by atoms with Gasteiger partial charge in [0.25, 0.3) is 11.8 Å². The average molecular weight is 348 g/mol. The van der Waals surface area contributed by atoms with Crippen LogP contribution in [0.3, 0.4) is 0 Å². The Morgan fingerprint density at radius 3 is 2.58 bits per heavy atom. The molecule has 0 spiro atoms. The normalized spacial score (nSPS) is 12.7. The van der Waals surface area contributed by atoms with Gasteiger partial charge in [0.15, 0.2) is 0 Å². The number of ether oxygens (including phenoxy) is 1. The van der Waals surface area contributed by atoms with Crippen molar-refractivity contribution >= 4 is 23.5 Å². The topological polar surface area (TPSA) is 87.5 Å². The van der Waals surface area contributed by atoms with Crippen LogP contribution in [0.25, 0.3) is 0 Å². The Bertz CT molecular complexity index is 943. The fraction of sp³-hybridized carbons (Fsp3) is 0.200. The fourth-order valence-corrected chi connectivity index (χ4v) is 2.80. The highest BCUT2D eigenvalue weighted by atomic mass is 16.5. The van der Waals surface area contributed by atoms with Gasteiger partial charge in [0.2, 0.25) is 0 Å². The van der Waals surface area contributed by atoms with Crippen LogP contribution >= 0.6 is 0 Å². The quantitative estimate of drug-likeness (QED) is 0.470. The van der Waals surface area contributed by atoms with E-state index in [1.54, 1.807) is 12.1 Å². The van der Waals surface area contributed by atoms with Gasteiger partial charge in [0, 0.05) is 6.42 Å². The van der Waals surface area contributed by atoms with E-state index in [1.165, 1.54) is 18.2 Å². The maximum Gasteiger partial charge on any atom is 0.338 e. The van der Waals surface area contributed by atoms with Crippen molar-refractivity contribution in [1.29, 1.82) is 5.26 Å². The smallest absolute Gasteiger partial charge is 0.338 e. The molecule has 0 saturated heterocycles. The molecule has 1 aliphatic rings. The number of amides is 2. The lowest BCUT2D eigenvalue weighted by molar-refractivity contribution is 0.0501. The van der Waals surface area contributed by atoms with Gasteiger partial charge < -0.3 is 4.74 Å². The first-order valence-electron chi connectivity index (χ1n) is 8.17. The van der Waals surface area contributed by atoms with Crippen molar-refractivity contribution < 1.29 is 19.1 Å². The number of hydrogen-bond acceptors (Lipinski definition) is 5. The lowest BCUT2D eigenvalue weighted by Gasteiger charge is -2.16. The standard InChI is InChI=1S/C20H16N2O4/c1-13-6-2-3-7-17(13)22-18(23)15-9-8-14(12-16(15)19(22)24)20(25)26-11-5-4-10-21/h2-3,6-9,12H,4-5,11H2,1H3. The highest BCUT2D eigenvalue weighted by Gasteiger charge is 2.37. The number of rotatable bonds is 5. The van der Waals surface area contributed by atoms with Crippen LogP contribution in [-0.2, 0) is 4.74 Å². The molecule has 0 aliphatic carbocycles. The van der Waals surface area contributed by atoms with Crippen LogP contribution < -0.4 is 4.90 Å². The van der Waals surface area contributed by atoms with E-state index in [-0.39, 0.29) is 23.3 Å². The van der Waals surface area contributed by atoms with Gasteiger partial charge in [-0.1, -0.05) is 18.2 Å². The number of hydrogen-bond donors (Lipinski definition) is 0. The number of anilines is 1. The summed E-state index contributed by atoms with van der Waals surface area (Å²) >= 11 is 0. The molecular formula is C20H16N2O4. The van der Waals surface area contributed by atoms with Gasteiger partial charge in [0.05, 0.1) is 35.1 Å². The molecule has 0 N–H and O–H groups in total. The number of carbonyl (C=O) groups is 3. The second-order valence-electron chi connectivity index (χ2n) is 5.89. The molecule has 1 heterocycles. The van der Waals surface area contributed by atoms with E-state index in [0.717, 1.165) is 10.5 Å². The third kappa shape index (κ3) is 3.07. The van der Waals surface area contributed by atoms with E-state index in [2.05, 4.69) is 0 Å². The Morgan fingerprint density at radius 2 is 1.85 bits per heavy atom. The molecule has 1 aliphatic heterocycles. The first-order chi connectivity index (χ1) is 12.5. The molecule has 2 aromatic carbocycles. The monoisotopic (exact) mass is 348 g/mol. The molecule has 0 aromatic heterocycles. The van der Waals surface area contributed by atoms with Gasteiger partial charge in [-0.25, -0.2) is 9.69 Å². The van der Waals surface area contributed by atoms with Crippen molar-refractivity contribution in [2.45, 2.75) is 19.8 Å². The predicted octanol–water partition coefficient (Wildman–Crippen LogP) is 3.26. The predicted molar refractivity (Wildman–Crippen MR) is 93.9 cm³/mol. The van der Waals surface area contributed by atoms with Crippen LogP contribution in [0.15, 0.2) is 42.5 Å². The summed E-state index contributed by atoms with van der Waals surface area (Å²) in [7, 11) is 0. The highest BCUT2D eigenvalue weighted by molar-refractivity contribution is 6.34.